The second-order valence-corrected chi connectivity index (χ2v) is 6.63. The van der Waals surface area contributed by atoms with Gasteiger partial charge in [0.25, 0.3) is 11.6 Å². The molecular formula is C18H15N3O3S. The number of nitro groups is 1. The van der Waals surface area contributed by atoms with Crippen molar-refractivity contribution >= 4 is 40.3 Å². The predicted octanol–water partition coefficient (Wildman–Crippen LogP) is 4.10. The van der Waals surface area contributed by atoms with E-state index in [-0.39, 0.29) is 11.6 Å². The summed E-state index contributed by atoms with van der Waals surface area (Å²) in [6, 6.07) is 12.0. The minimum atomic E-state index is -0.462. The summed E-state index contributed by atoms with van der Waals surface area (Å²) < 4.78 is 0. The van der Waals surface area contributed by atoms with E-state index in [1.807, 2.05) is 32.0 Å². The van der Waals surface area contributed by atoms with Crippen LogP contribution in [0.4, 0.5) is 11.4 Å². The number of aryl methyl sites for hydroxylation is 2. The number of amidine groups is 1. The van der Waals surface area contributed by atoms with Gasteiger partial charge in [-0.3, -0.25) is 14.9 Å². The molecule has 2 aromatic rings. The average molecular weight is 353 g/mol. The van der Waals surface area contributed by atoms with Gasteiger partial charge >= 0.3 is 0 Å². The number of carbonyl (C=O) groups excluding carboxylic acids is 1. The molecule has 6 nitrogen and oxygen atoms in total. The van der Waals surface area contributed by atoms with E-state index in [1.54, 1.807) is 18.2 Å². The van der Waals surface area contributed by atoms with Crippen LogP contribution in [-0.4, -0.2) is 16.0 Å². The Bertz CT molecular complexity index is 935. The Morgan fingerprint density at radius 3 is 2.68 bits per heavy atom. The highest BCUT2D eigenvalue weighted by Gasteiger charge is 2.24. The number of non-ortho nitro benzene ring substituents is 1. The first kappa shape index (κ1) is 16.9. The first-order chi connectivity index (χ1) is 11.9. The van der Waals surface area contributed by atoms with Gasteiger partial charge in [-0.25, -0.2) is 4.99 Å². The van der Waals surface area contributed by atoms with Crippen LogP contribution in [0.5, 0.6) is 0 Å². The highest BCUT2D eigenvalue weighted by Crippen LogP contribution is 2.29. The molecule has 1 aliphatic heterocycles. The third-order valence-corrected chi connectivity index (χ3v) is 4.66. The van der Waals surface area contributed by atoms with Crippen molar-refractivity contribution < 1.29 is 9.72 Å². The molecule has 1 fully saturated rings. The zero-order chi connectivity index (χ0) is 18.0. The van der Waals surface area contributed by atoms with Crippen LogP contribution in [0, 0.1) is 24.0 Å². The summed E-state index contributed by atoms with van der Waals surface area (Å²) in [6.45, 7) is 4.03. The molecule has 0 radical (unpaired) electrons. The molecule has 0 saturated carbocycles. The van der Waals surface area contributed by atoms with Gasteiger partial charge in [-0.05, 0) is 60.5 Å². The van der Waals surface area contributed by atoms with Gasteiger partial charge < -0.3 is 5.32 Å². The lowest BCUT2D eigenvalue weighted by atomic mass is 10.1. The molecule has 1 aliphatic rings. The van der Waals surface area contributed by atoms with Crippen LogP contribution in [0.2, 0.25) is 0 Å². The number of hydrogen-bond donors (Lipinski definition) is 1. The largest absolute Gasteiger partial charge is 0.300 e. The summed E-state index contributed by atoms with van der Waals surface area (Å²) in [5.41, 5.74) is 3.66. The second kappa shape index (κ2) is 6.90. The minimum absolute atomic E-state index is 0.0122. The average Bonchev–Trinajstić information content (AvgIpc) is 2.90. The number of nitrogens with one attached hydrogen (secondary N) is 1. The first-order valence-corrected chi connectivity index (χ1v) is 8.35. The zero-order valence-corrected chi connectivity index (χ0v) is 14.5. The minimum Gasteiger partial charge on any atom is -0.300 e. The Hall–Kier alpha value is -2.93. The SMILES string of the molecule is Cc1ccc(N=C2NC(=O)/C(=C\c3cccc([N+](=O)[O-])c3)S2)cc1C. The molecule has 0 bridgehead atoms. The fourth-order valence-corrected chi connectivity index (χ4v) is 3.11. The molecule has 1 N–H and O–H groups in total. The van der Waals surface area contributed by atoms with Crippen molar-refractivity contribution in [3.63, 3.8) is 0 Å². The number of benzene rings is 2. The van der Waals surface area contributed by atoms with Gasteiger partial charge in [0.05, 0.1) is 15.5 Å². The van der Waals surface area contributed by atoms with E-state index in [1.165, 1.54) is 29.5 Å². The molecule has 0 aliphatic carbocycles. The molecule has 0 spiro atoms. The van der Waals surface area contributed by atoms with Crippen LogP contribution in [0.1, 0.15) is 16.7 Å². The normalized spacial score (nSPS) is 17.1. The topological polar surface area (TPSA) is 84.6 Å². The molecule has 7 heteroatoms. The first-order valence-electron chi connectivity index (χ1n) is 7.54. The lowest BCUT2D eigenvalue weighted by molar-refractivity contribution is -0.384. The molecule has 1 amide bonds. The van der Waals surface area contributed by atoms with Crippen LogP contribution in [0.15, 0.2) is 52.4 Å². The van der Waals surface area contributed by atoms with Gasteiger partial charge in [0, 0.05) is 12.1 Å². The molecule has 126 valence electrons. The number of aliphatic imine (C=N–C) groups is 1. The molecule has 0 atom stereocenters. The van der Waals surface area contributed by atoms with Gasteiger partial charge in [-0.1, -0.05) is 18.2 Å². The van der Waals surface area contributed by atoms with Crippen molar-refractivity contribution in [3.8, 4) is 0 Å². The van der Waals surface area contributed by atoms with Crippen LogP contribution in [0.3, 0.4) is 0 Å². The van der Waals surface area contributed by atoms with Crippen molar-refractivity contribution in [2.45, 2.75) is 13.8 Å². The summed E-state index contributed by atoms with van der Waals surface area (Å²) >= 11 is 1.21. The number of thioether (sulfide) groups is 1. The predicted molar refractivity (Wildman–Crippen MR) is 99.8 cm³/mol. The Morgan fingerprint density at radius 1 is 1.16 bits per heavy atom. The lowest BCUT2D eigenvalue weighted by Crippen LogP contribution is -2.19. The maximum absolute atomic E-state index is 12.1. The quantitative estimate of drug-likeness (QED) is 0.511. The highest BCUT2D eigenvalue weighted by atomic mass is 32.2. The number of amides is 1. The zero-order valence-electron chi connectivity index (χ0n) is 13.6. The van der Waals surface area contributed by atoms with Crippen molar-refractivity contribution in [2.24, 2.45) is 4.99 Å². The van der Waals surface area contributed by atoms with E-state index >= 15 is 0 Å². The smallest absolute Gasteiger partial charge is 0.270 e. The van der Waals surface area contributed by atoms with E-state index in [9.17, 15) is 14.9 Å². The summed E-state index contributed by atoms with van der Waals surface area (Å²) in [5, 5.41) is 14.0. The van der Waals surface area contributed by atoms with E-state index < -0.39 is 4.92 Å². The third kappa shape index (κ3) is 3.95. The highest BCUT2D eigenvalue weighted by molar-refractivity contribution is 8.18. The fraction of sp³-hybridized carbons (Fsp3) is 0.111. The summed E-state index contributed by atoms with van der Waals surface area (Å²) in [7, 11) is 0. The second-order valence-electron chi connectivity index (χ2n) is 5.60. The van der Waals surface area contributed by atoms with Crippen LogP contribution >= 0.6 is 11.8 Å². The molecule has 0 aromatic heterocycles. The summed E-state index contributed by atoms with van der Waals surface area (Å²) in [5.74, 6) is -0.265. The Balaban J connectivity index is 1.84. The molecular weight excluding hydrogens is 338 g/mol. The van der Waals surface area contributed by atoms with Gasteiger partial charge in [-0.15, -0.1) is 0 Å². The molecule has 0 unspecified atom stereocenters. The molecule has 2 aromatic carbocycles. The molecule has 3 rings (SSSR count). The van der Waals surface area contributed by atoms with Crippen molar-refractivity contribution in [2.75, 3.05) is 0 Å². The monoisotopic (exact) mass is 353 g/mol. The lowest BCUT2D eigenvalue weighted by Gasteiger charge is -2.01. The van der Waals surface area contributed by atoms with Crippen molar-refractivity contribution in [3.05, 3.63) is 74.2 Å². The van der Waals surface area contributed by atoms with Crippen LogP contribution in [-0.2, 0) is 4.79 Å². The standard InChI is InChI=1S/C18H15N3O3S/c1-11-6-7-14(8-12(11)2)19-18-20-17(22)16(25-18)10-13-4-3-5-15(9-13)21(23)24/h3-10H,1-2H3,(H,19,20,22)/b16-10+. The maximum Gasteiger partial charge on any atom is 0.270 e. The van der Waals surface area contributed by atoms with Crippen molar-refractivity contribution in [1.29, 1.82) is 0 Å². The Morgan fingerprint density at radius 2 is 1.96 bits per heavy atom. The number of hydrogen-bond acceptors (Lipinski definition) is 5. The van der Waals surface area contributed by atoms with Crippen molar-refractivity contribution in [1.82, 2.24) is 5.32 Å². The third-order valence-electron chi connectivity index (χ3n) is 3.75. The van der Waals surface area contributed by atoms with Crippen LogP contribution < -0.4 is 5.32 Å². The maximum atomic E-state index is 12.1. The number of nitro benzene ring substituents is 1. The molecule has 25 heavy (non-hydrogen) atoms. The Kier molecular flexibility index (Phi) is 4.67. The molecule has 1 heterocycles. The van der Waals surface area contributed by atoms with Gasteiger partial charge in [0.1, 0.15) is 0 Å². The number of carbonyl (C=O) groups is 1. The fourth-order valence-electron chi connectivity index (χ4n) is 2.27. The number of rotatable bonds is 3. The van der Waals surface area contributed by atoms with Gasteiger partial charge in [0.15, 0.2) is 5.17 Å². The Labute approximate surface area is 148 Å². The van der Waals surface area contributed by atoms with Crippen LogP contribution in [0.25, 0.3) is 6.08 Å². The van der Waals surface area contributed by atoms with E-state index in [2.05, 4.69) is 10.3 Å². The van der Waals surface area contributed by atoms with Gasteiger partial charge in [0.2, 0.25) is 0 Å². The number of nitrogens with zero attached hydrogens (tertiary/aromatic N) is 2. The summed E-state index contributed by atoms with van der Waals surface area (Å²) in [4.78, 5) is 27.4. The molecule has 1 saturated heterocycles. The van der Waals surface area contributed by atoms with E-state index in [4.69, 9.17) is 0 Å². The van der Waals surface area contributed by atoms with Gasteiger partial charge in [-0.2, -0.15) is 0 Å². The van der Waals surface area contributed by atoms with E-state index in [0.717, 1.165) is 11.3 Å². The van der Waals surface area contributed by atoms with E-state index in [0.29, 0.717) is 15.6 Å². The summed E-state index contributed by atoms with van der Waals surface area (Å²) in [6.07, 6.45) is 1.62.